The summed E-state index contributed by atoms with van der Waals surface area (Å²) in [7, 11) is 0. The third-order valence-electron chi connectivity index (χ3n) is 8.12. The molecule has 0 bridgehead atoms. The summed E-state index contributed by atoms with van der Waals surface area (Å²) in [6.45, 7) is 0. The smallest absolute Gasteiger partial charge is 0.144 e. The van der Waals surface area contributed by atoms with Crippen LogP contribution in [0.5, 0.6) is 0 Å². The summed E-state index contributed by atoms with van der Waals surface area (Å²) in [5.41, 5.74) is -3.10. The number of benzene rings is 4. The molecule has 1 fully saturated rings. The molecule has 40 heavy (non-hydrogen) atoms. The number of alkyl halides is 1. The number of rotatable bonds is 9. The van der Waals surface area contributed by atoms with Crippen LogP contribution in [0.4, 0.5) is 0 Å². The molecule has 0 saturated carbocycles. The molecule has 6 atom stereocenters. The van der Waals surface area contributed by atoms with Crippen LogP contribution < -0.4 is 0 Å². The Bertz CT molecular complexity index is 1360. The first-order chi connectivity index (χ1) is 19.2. The minimum atomic E-state index is -2.15. The van der Waals surface area contributed by atoms with Crippen LogP contribution >= 0.6 is 15.9 Å². The summed E-state index contributed by atoms with van der Waals surface area (Å²) in [5, 5.41) is 48.8. The third kappa shape index (κ3) is 5.53. The highest BCUT2D eigenvalue weighted by Gasteiger charge is 2.71. The van der Waals surface area contributed by atoms with Crippen LogP contribution in [0.1, 0.15) is 22.3 Å². The number of aliphatic hydroxyl groups excluding tert-OH is 1. The Kier molecular flexibility index (Phi) is 8.57. The predicted molar refractivity (Wildman–Crippen MR) is 159 cm³/mol. The standard InChI is InChI=1S/C34H35BrO5/c35-31-33(38,23-27-17-9-3-10-18-27)34(39,24-28-19-11-4-12-20-28)32(37,22-26-15-7-2-8-16-26)30(40-31)29(36)21-25-13-5-1-6-14-25/h1-20,29-31,36-39H,21-24H2/t29?,30-,31+,32+,33+,34+/m1/s1. The fourth-order valence-corrected chi connectivity index (χ4v) is 6.78. The van der Waals surface area contributed by atoms with Crippen molar-refractivity contribution in [3.63, 3.8) is 0 Å². The summed E-state index contributed by atoms with van der Waals surface area (Å²) in [4.78, 5) is 0. The van der Waals surface area contributed by atoms with Gasteiger partial charge in [-0.25, -0.2) is 0 Å². The van der Waals surface area contributed by atoms with Gasteiger partial charge in [-0.1, -0.05) is 137 Å². The lowest BCUT2D eigenvalue weighted by Crippen LogP contribution is -2.82. The maximum Gasteiger partial charge on any atom is 0.144 e. The van der Waals surface area contributed by atoms with E-state index in [0.29, 0.717) is 0 Å². The van der Waals surface area contributed by atoms with Crippen molar-refractivity contribution in [1.82, 2.24) is 0 Å². The largest absolute Gasteiger partial charge is 0.390 e. The van der Waals surface area contributed by atoms with E-state index in [0.717, 1.165) is 22.3 Å². The Morgan fingerprint density at radius 3 is 1.40 bits per heavy atom. The van der Waals surface area contributed by atoms with E-state index in [1.165, 1.54) is 0 Å². The van der Waals surface area contributed by atoms with E-state index in [9.17, 15) is 20.4 Å². The van der Waals surface area contributed by atoms with Crippen molar-refractivity contribution in [2.45, 2.75) is 59.7 Å². The van der Waals surface area contributed by atoms with Gasteiger partial charge in [0.05, 0.1) is 6.10 Å². The van der Waals surface area contributed by atoms with E-state index in [2.05, 4.69) is 15.9 Å². The first-order valence-corrected chi connectivity index (χ1v) is 14.5. The van der Waals surface area contributed by atoms with Crippen molar-refractivity contribution < 1.29 is 25.2 Å². The van der Waals surface area contributed by atoms with Gasteiger partial charge in [-0.2, -0.15) is 0 Å². The van der Waals surface area contributed by atoms with Crippen LogP contribution in [0, 0.1) is 0 Å². The Morgan fingerprint density at radius 2 is 0.950 bits per heavy atom. The van der Waals surface area contributed by atoms with Gasteiger partial charge in [-0.15, -0.1) is 0 Å². The molecule has 4 aromatic rings. The SMILES string of the molecule is OC(Cc1ccccc1)[C@H]1O[C@H](Br)[C@@](O)(Cc2ccccc2)[C@](O)(Cc2ccccc2)[C@]1(O)Cc1ccccc1. The maximum absolute atomic E-state index is 12.9. The van der Waals surface area contributed by atoms with Crippen LogP contribution in [0.2, 0.25) is 0 Å². The summed E-state index contributed by atoms with van der Waals surface area (Å²) >= 11 is 3.53. The molecule has 5 rings (SSSR count). The number of hydrogen-bond donors (Lipinski definition) is 4. The van der Waals surface area contributed by atoms with E-state index >= 15 is 0 Å². The van der Waals surface area contributed by atoms with Gasteiger partial charge in [0.25, 0.3) is 0 Å². The van der Waals surface area contributed by atoms with Crippen molar-refractivity contribution >= 4 is 15.9 Å². The molecule has 0 radical (unpaired) electrons. The zero-order chi connectivity index (χ0) is 28.2. The molecule has 4 aromatic carbocycles. The number of halogens is 1. The second-order valence-electron chi connectivity index (χ2n) is 10.8. The van der Waals surface area contributed by atoms with E-state index in [1.54, 1.807) is 0 Å². The molecule has 6 heteroatoms. The van der Waals surface area contributed by atoms with Gasteiger partial charge < -0.3 is 25.2 Å². The maximum atomic E-state index is 12.9. The van der Waals surface area contributed by atoms with Crippen LogP contribution in [-0.4, -0.2) is 54.5 Å². The Balaban J connectivity index is 1.66. The van der Waals surface area contributed by atoms with Gasteiger partial charge in [0, 0.05) is 25.7 Å². The van der Waals surface area contributed by atoms with Crippen LogP contribution in [-0.2, 0) is 30.4 Å². The lowest BCUT2D eigenvalue weighted by molar-refractivity contribution is -0.348. The van der Waals surface area contributed by atoms with Crippen LogP contribution in [0.3, 0.4) is 0 Å². The molecule has 1 aliphatic heterocycles. The molecule has 5 nitrogen and oxygen atoms in total. The predicted octanol–water partition coefficient (Wildman–Crippen LogP) is 4.63. The lowest BCUT2D eigenvalue weighted by Gasteiger charge is -2.61. The van der Waals surface area contributed by atoms with E-state index in [4.69, 9.17) is 4.74 Å². The third-order valence-corrected chi connectivity index (χ3v) is 9.09. The van der Waals surface area contributed by atoms with Gasteiger partial charge in [0.2, 0.25) is 0 Å². The second kappa shape index (κ2) is 12.0. The molecule has 1 unspecified atom stereocenters. The second-order valence-corrected chi connectivity index (χ2v) is 11.7. The van der Waals surface area contributed by atoms with Gasteiger partial charge in [0.1, 0.15) is 27.9 Å². The highest BCUT2D eigenvalue weighted by Crippen LogP contribution is 2.51. The van der Waals surface area contributed by atoms with Crippen molar-refractivity contribution in [3.8, 4) is 0 Å². The van der Waals surface area contributed by atoms with Crippen LogP contribution in [0.25, 0.3) is 0 Å². The summed E-state index contributed by atoms with van der Waals surface area (Å²) in [6, 6.07) is 37.4. The van der Waals surface area contributed by atoms with Gasteiger partial charge in [-0.3, -0.25) is 0 Å². The van der Waals surface area contributed by atoms with Crippen molar-refractivity contribution in [2.75, 3.05) is 0 Å². The molecule has 0 spiro atoms. The fourth-order valence-electron chi connectivity index (χ4n) is 6.01. The number of ether oxygens (including phenoxy) is 1. The molecular weight excluding hydrogens is 568 g/mol. The van der Waals surface area contributed by atoms with Gasteiger partial charge in [0.15, 0.2) is 0 Å². The number of aliphatic hydroxyl groups is 4. The lowest BCUT2D eigenvalue weighted by atomic mass is 9.59. The molecule has 4 N–H and O–H groups in total. The van der Waals surface area contributed by atoms with E-state index < -0.39 is 34.0 Å². The normalized spacial score (nSPS) is 29.1. The van der Waals surface area contributed by atoms with E-state index in [1.807, 2.05) is 121 Å². The molecule has 0 amide bonds. The molecule has 1 saturated heterocycles. The molecule has 0 aromatic heterocycles. The summed E-state index contributed by atoms with van der Waals surface area (Å²) < 4.78 is 6.34. The number of hydrogen-bond acceptors (Lipinski definition) is 5. The minimum Gasteiger partial charge on any atom is -0.390 e. The zero-order valence-electron chi connectivity index (χ0n) is 22.2. The Labute approximate surface area is 243 Å². The van der Waals surface area contributed by atoms with Gasteiger partial charge >= 0.3 is 0 Å². The Hall–Kier alpha value is -2.84. The van der Waals surface area contributed by atoms with Crippen molar-refractivity contribution in [1.29, 1.82) is 0 Å². The zero-order valence-corrected chi connectivity index (χ0v) is 23.8. The average Bonchev–Trinajstić information content (AvgIpc) is 2.97. The van der Waals surface area contributed by atoms with Crippen molar-refractivity contribution in [3.05, 3.63) is 144 Å². The average molecular weight is 604 g/mol. The topological polar surface area (TPSA) is 90.2 Å². The summed E-state index contributed by atoms with van der Waals surface area (Å²) in [6.07, 6.45) is -2.33. The molecular formula is C34H35BrO5. The molecule has 1 heterocycles. The van der Waals surface area contributed by atoms with Gasteiger partial charge in [-0.05, 0) is 22.3 Å². The molecule has 0 aliphatic carbocycles. The first kappa shape index (κ1) is 28.7. The summed E-state index contributed by atoms with van der Waals surface area (Å²) in [5.74, 6) is 0. The first-order valence-electron chi connectivity index (χ1n) is 13.6. The highest BCUT2D eigenvalue weighted by atomic mass is 79.9. The molecule has 208 valence electrons. The monoisotopic (exact) mass is 602 g/mol. The van der Waals surface area contributed by atoms with E-state index in [-0.39, 0.29) is 25.7 Å². The van der Waals surface area contributed by atoms with Crippen molar-refractivity contribution in [2.24, 2.45) is 0 Å². The fraction of sp³-hybridized carbons (Fsp3) is 0.294. The quantitative estimate of drug-likeness (QED) is 0.210. The minimum absolute atomic E-state index is 0.00565. The molecule has 1 aliphatic rings. The highest BCUT2D eigenvalue weighted by molar-refractivity contribution is 9.09. The van der Waals surface area contributed by atoms with Crippen LogP contribution in [0.15, 0.2) is 121 Å². The Morgan fingerprint density at radius 1 is 0.575 bits per heavy atom.